The van der Waals surface area contributed by atoms with Crippen LogP contribution in [0.1, 0.15) is 175 Å². The van der Waals surface area contributed by atoms with Crippen LogP contribution in [0.5, 0.6) is 0 Å². The van der Waals surface area contributed by atoms with Crippen LogP contribution in [0.4, 0.5) is 0 Å². The Morgan fingerprint density at radius 2 is 1.10 bits per heavy atom. The summed E-state index contributed by atoms with van der Waals surface area (Å²) in [7, 11) is 5.96. The molecule has 1 unspecified atom stereocenters. The Morgan fingerprint density at radius 1 is 0.590 bits per heavy atom. The summed E-state index contributed by atoms with van der Waals surface area (Å²) in [6, 6.07) is -5.83. The molecule has 19 nitrogen and oxygen atoms in total. The molecule has 11 atom stereocenters. The fourth-order valence-electron chi connectivity index (χ4n) is 9.86. The first-order valence-corrected chi connectivity index (χ1v) is 28.4. The zero-order valence-electron chi connectivity index (χ0n) is 51.3. The van der Waals surface area contributed by atoms with Gasteiger partial charge in [-0.2, -0.15) is 0 Å². The average Bonchev–Trinajstić information content (AvgIpc) is 3.35. The number of likely N-dealkylation sites (N-methyl/N-ethyl adjacent to an activating group) is 3. The van der Waals surface area contributed by atoms with Crippen molar-refractivity contribution in [2.75, 3.05) is 28.2 Å². The van der Waals surface area contributed by atoms with Crippen LogP contribution in [-0.2, 0) is 57.5 Å². The van der Waals surface area contributed by atoms with Crippen molar-refractivity contribution in [2.24, 2.45) is 59.0 Å². The predicted octanol–water partition coefficient (Wildman–Crippen LogP) is 6.02. The topological polar surface area (TPSA) is 269 Å². The van der Waals surface area contributed by atoms with Gasteiger partial charge in [0.15, 0.2) is 23.1 Å². The van der Waals surface area contributed by atoms with Crippen LogP contribution < -0.4 is 21.7 Å². The van der Waals surface area contributed by atoms with E-state index >= 15 is 0 Å². The Bertz CT molecular complexity index is 2050. The summed E-state index contributed by atoms with van der Waals surface area (Å²) in [5.74, 6) is -9.63. The van der Waals surface area contributed by atoms with E-state index in [1.165, 1.54) is 49.7 Å². The monoisotopic (exact) mass is 1100 g/mol. The highest BCUT2D eigenvalue weighted by atomic mass is 16.5. The van der Waals surface area contributed by atoms with Gasteiger partial charge in [-0.25, -0.2) is 0 Å². The number of rotatable bonds is 37. The number of hydrogen-bond donors (Lipinski definition) is 4. The highest BCUT2D eigenvalue weighted by Crippen LogP contribution is 2.30. The van der Waals surface area contributed by atoms with Crippen LogP contribution in [-0.4, -0.2) is 150 Å². The lowest BCUT2D eigenvalue weighted by molar-refractivity contribution is -0.157. The van der Waals surface area contributed by atoms with Crippen molar-refractivity contribution < 1.29 is 57.5 Å². The summed E-state index contributed by atoms with van der Waals surface area (Å²) in [4.78, 5) is 155. The molecule has 0 aliphatic rings. The number of amides is 6. The van der Waals surface area contributed by atoms with E-state index in [1.807, 2.05) is 74.5 Å². The molecule has 0 saturated carbocycles. The molecule has 0 fully saturated rings. The second-order valence-corrected chi connectivity index (χ2v) is 23.6. The van der Waals surface area contributed by atoms with Gasteiger partial charge >= 0.3 is 5.97 Å². The Balaban J connectivity index is 6.89. The summed E-state index contributed by atoms with van der Waals surface area (Å²) in [6.07, 6.45) is 2.80. The summed E-state index contributed by atoms with van der Waals surface area (Å²) in [6.45, 7) is 28.2. The first-order valence-electron chi connectivity index (χ1n) is 28.4. The van der Waals surface area contributed by atoms with E-state index in [2.05, 4.69) is 16.0 Å². The van der Waals surface area contributed by atoms with Gasteiger partial charge in [-0.05, 0) is 81.5 Å². The molecule has 0 aromatic heterocycles. The van der Waals surface area contributed by atoms with Gasteiger partial charge in [-0.1, -0.05) is 102 Å². The molecule has 5 N–H and O–H groups in total. The molecule has 0 spiro atoms. The fraction of sp³-hybridized carbons (Fsp3) is 0.780. The smallest absolute Gasteiger partial charge is 0.302 e. The van der Waals surface area contributed by atoms with Crippen LogP contribution in [0.25, 0.3) is 0 Å². The molecule has 0 saturated heterocycles. The van der Waals surface area contributed by atoms with Crippen molar-refractivity contribution in [1.29, 1.82) is 0 Å². The number of ether oxygens (including phenoxy) is 1. The minimum Gasteiger partial charge on any atom is -0.461 e. The minimum absolute atomic E-state index is 0.0554. The number of nitrogens with one attached hydrogen (secondary N) is 3. The van der Waals surface area contributed by atoms with Gasteiger partial charge in [-0.3, -0.25) is 52.7 Å². The number of nitrogens with zero attached hydrogens (tertiary/aromatic N) is 3. The van der Waals surface area contributed by atoms with E-state index in [4.69, 9.17) is 10.5 Å². The van der Waals surface area contributed by atoms with Crippen molar-refractivity contribution in [2.45, 2.75) is 217 Å². The highest BCUT2D eigenvalue weighted by Gasteiger charge is 2.43. The number of esters is 1. The molecule has 0 bridgehead atoms. The zero-order chi connectivity index (χ0) is 60.6. The van der Waals surface area contributed by atoms with Crippen molar-refractivity contribution in [1.82, 2.24) is 30.7 Å². The molecule has 78 heavy (non-hydrogen) atoms. The van der Waals surface area contributed by atoms with E-state index < -0.39 is 120 Å². The Kier molecular flexibility index (Phi) is 32.9. The molecule has 446 valence electrons. The number of Topliss-reactive ketones (excluding diaryl/α,β-unsaturated/α-hetero) is 4. The van der Waals surface area contributed by atoms with Crippen LogP contribution in [0.15, 0.2) is 12.2 Å². The normalized spacial score (nSPS) is 16.0. The van der Waals surface area contributed by atoms with Crippen LogP contribution in [0.3, 0.4) is 0 Å². The molecule has 0 aliphatic carbocycles. The van der Waals surface area contributed by atoms with Gasteiger partial charge in [0.25, 0.3) is 0 Å². The number of nitrogens with two attached hydrogens (primary N) is 1. The molecular weight excluding hydrogens is 999 g/mol. The van der Waals surface area contributed by atoms with Gasteiger partial charge in [0.2, 0.25) is 35.4 Å². The van der Waals surface area contributed by atoms with Crippen molar-refractivity contribution in [3.05, 3.63) is 12.2 Å². The number of allylic oxidation sites excluding steroid dienone is 2. The van der Waals surface area contributed by atoms with Gasteiger partial charge in [0, 0.05) is 79.1 Å². The summed E-state index contributed by atoms with van der Waals surface area (Å²) < 4.78 is 5.81. The third kappa shape index (κ3) is 24.0. The Labute approximate surface area is 467 Å². The molecule has 0 radical (unpaired) electrons. The van der Waals surface area contributed by atoms with E-state index in [9.17, 15) is 52.7 Å². The number of hydrogen-bond acceptors (Lipinski definition) is 13. The van der Waals surface area contributed by atoms with E-state index in [0.29, 0.717) is 12.8 Å². The molecular formula is C59H103N7O12. The van der Waals surface area contributed by atoms with Gasteiger partial charge < -0.3 is 41.1 Å². The standard InChI is InChI=1S/C59H103N7O12/c1-21-23-24-38(13)54(78-41(16)67)43(56(74)63-44(22-2)47(68)25-26-51(72)61-17)32-50(71)53(37(11)12)66(20)58(76)42(27-33(3)4)31-49(70)46(29-35(7)8)64(18)57(75)40(15)62-55(73)39(14)30-48(69)45(28-34(5)6)65(19)59(77)52(60)36(9)10/h21,23,33-40,42-46,52-54H,22,24-32,60H2,1-20H3,(H,61,72)(H,62,73)(H,63,74)/b23-21+/t38-,39-,40-,42-,43+,44+,45-,46+,52+,53?,54-/m1/s1. The first-order chi connectivity index (χ1) is 36.1. The van der Waals surface area contributed by atoms with Crippen molar-refractivity contribution in [3.63, 3.8) is 0 Å². The highest BCUT2D eigenvalue weighted by molar-refractivity contribution is 5.98. The second-order valence-electron chi connectivity index (χ2n) is 23.6. The van der Waals surface area contributed by atoms with Crippen LogP contribution in [0.2, 0.25) is 0 Å². The fourth-order valence-corrected chi connectivity index (χ4v) is 9.86. The van der Waals surface area contributed by atoms with E-state index in [-0.39, 0.29) is 92.0 Å². The maximum Gasteiger partial charge on any atom is 0.302 e. The summed E-state index contributed by atoms with van der Waals surface area (Å²) >= 11 is 0. The molecule has 0 heterocycles. The summed E-state index contributed by atoms with van der Waals surface area (Å²) in [5, 5.41) is 7.97. The Morgan fingerprint density at radius 3 is 1.55 bits per heavy atom. The Hall–Kier alpha value is -5.33. The number of ketones is 4. The largest absolute Gasteiger partial charge is 0.461 e. The molecule has 6 amide bonds. The first kappa shape index (κ1) is 72.7. The molecule has 0 aromatic rings. The van der Waals surface area contributed by atoms with Crippen molar-refractivity contribution in [3.8, 4) is 0 Å². The quantitative estimate of drug-likeness (QED) is 0.0410. The van der Waals surface area contributed by atoms with Crippen LogP contribution in [0, 0.1) is 53.3 Å². The SMILES string of the molecule is C/C=C/C[C@@H](C)[C@@H](OC(C)=O)[C@H](CC(=O)C(C(C)C)N(C)C(=O)[C@@H](CC(=O)[C@H](CC(C)C)N(C)C(=O)[C@@H](C)NC(=O)[C@H](C)CC(=O)[C@@H](CC(C)C)N(C)C(=O)[C@@H](N)C(C)C)CC(C)C)C(=O)N[C@@H](CC)C(=O)CCC(=O)NC. The maximum absolute atomic E-state index is 14.8. The summed E-state index contributed by atoms with van der Waals surface area (Å²) in [5.41, 5.74) is 6.15. The lowest BCUT2D eigenvalue weighted by Gasteiger charge is -2.36. The third-order valence-corrected chi connectivity index (χ3v) is 14.5. The lowest BCUT2D eigenvalue weighted by atomic mass is 9.82. The van der Waals surface area contributed by atoms with Crippen molar-refractivity contribution >= 4 is 64.5 Å². The number of carbonyl (C=O) groups excluding carboxylic acids is 11. The van der Waals surface area contributed by atoms with Gasteiger partial charge in [0.05, 0.1) is 36.1 Å². The zero-order valence-corrected chi connectivity index (χ0v) is 51.3. The number of carbonyl (C=O) groups is 11. The molecule has 0 aliphatic heterocycles. The lowest BCUT2D eigenvalue weighted by Crippen LogP contribution is -2.54. The average molecular weight is 1100 g/mol. The van der Waals surface area contributed by atoms with E-state index in [1.54, 1.807) is 41.7 Å². The second kappa shape index (κ2) is 35.3. The van der Waals surface area contributed by atoms with Gasteiger partial charge in [0.1, 0.15) is 12.1 Å². The predicted molar refractivity (Wildman–Crippen MR) is 303 cm³/mol. The van der Waals surface area contributed by atoms with E-state index in [0.717, 1.165) is 0 Å². The van der Waals surface area contributed by atoms with Gasteiger partial charge in [-0.15, -0.1) is 0 Å². The minimum atomic E-state index is -1.29. The molecule has 19 heteroatoms. The molecule has 0 aromatic carbocycles. The maximum atomic E-state index is 14.8. The third-order valence-electron chi connectivity index (χ3n) is 14.5. The molecule has 0 rings (SSSR count). The van der Waals surface area contributed by atoms with Crippen LogP contribution >= 0.6 is 0 Å².